The second kappa shape index (κ2) is 6.37. The first-order chi connectivity index (χ1) is 5.93. The van der Waals surface area contributed by atoms with Crippen LogP contribution < -0.4 is 10.6 Å². The Balaban J connectivity index is 1.91. The van der Waals surface area contributed by atoms with Gasteiger partial charge in [0, 0.05) is 19.6 Å². The zero-order valence-electron chi connectivity index (χ0n) is 7.64. The van der Waals surface area contributed by atoms with E-state index in [-0.39, 0.29) is 6.10 Å². The molecular formula is C8H18N2O2. The van der Waals surface area contributed by atoms with Gasteiger partial charge >= 0.3 is 0 Å². The fourth-order valence-electron chi connectivity index (χ4n) is 1.13. The van der Waals surface area contributed by atoms with Gasteiger partial charge in [0.2, 0.25) is 0 Å². The third-order valence-corrected chi connectivity index (χ3v) is 1.81. The third kappa shape index (κ3) is 4.01. The Morgan fingerprint density at radius 2 is 2.25 bits per heavy atom. The Bertz CT molecular complexity index is 105. The molecule has 0 bridgehead atoms. The van der Waals surface area contributed by atoms with Gasteiger partial charge < -0.3 is 20.1 Å². The summed E-state index contributed by atoms with van der Waals surface area (Å²) in [6, 6.07) is 0. The second-order valence-electron chi connectivity index (χ2n) is 2.88. The van der Waals surface area contributed by atoms with Crippen LogP contribution in [0, 0.1) is 0 Å². The van der Waals surface area contributed by atoms with Crippen LogP contribution in [-0.2, 0) is 9.47 Å². The van der Waals surface area contributed by atoms with Crippen molar-refractivity contribution < 1.29 is 9.47 Å². The second-order valence-corrected chi connectivity index (χ2v) is 2.88. The molecule has 0 aromatic carbocycles. The van der Waals surface area contributed by atoms with E-state index in [2.05, 4.69) is 10.6 Å². The molecule has 0 aromatic rings. The highest BCUT2D eigenvalue weighted by Crippen LogP contribution is 1.98. The minimum atomic E-state index is 0.246. The molecule has 1 aliphatic rings. The minimum absolute atomic E-state index is 0.246. The van der Waals surface area contributed by atoms with E-state index in [1.807, 2.05) is 7.05 Å². The summed E-state index contributed by atoms with van der Waals surface area (Å²) in [5.74, 6) is 0. The highest BCUT2D eigenvalue weighted by atomic mass is 16.6. The predicted octanol–water partition coefficient (Wildman–Crippen LogP) is -0.789. The van der Waals surface area contributed by atoms with E-state index in [4.69, 9.17) is 9.47 Å². The predicted molar refractivity (Wildman–Crippen MR) is 47.4 cm³/mol. The van der Waals surface area contributed by atoms with Crippen LogP contribution in [0.5, 0.6) is 0 Å². The smallest absolute Gasteiger partial charge is 0.0933 e. The summed E-state index contributed by atoms with van der Waals surface area (Å²) >= 11 is 0. The molecule has 0 spiro atoms. The first-order valence-electron chi connectivity index (χ1n) is 4.48. The van der Waals surface area contributed by atoms with Gasteiger partial charge in [-0.1, -0.05) is 0 Å². The highest BCUT2D eigenvalue weighted by molar-refractivity contribution is 4.64. The molecule has 1 rings (SSSR count). The maximum Gasteiger partial charge on any atom is 0.0933 e. The Labute approximate surface area is 73.6 Å². The van der Waals surface area contributed by atoms with Crippen molar-refractivity contribution >= 4 is 0 Å². The van der Waals surface area contributed by atoms with Gasteiger partial charge in [-0.15, -0.1) is 0 Å². The van der Waals surface area contributed by atoms with Crippen molar-refractivity contribution in [2.24, 2.45) is 0 Å². The molecule has 0 saturated carbocycles. The van der Waals surface area contributed by atoms with Gasteiger partial charge in [-0.05, 0) is 7.05 Å². The van der Waals surface area contributed by atoms with Gasteiger partial charge in [0.1, 0.15) is 0 Å². The average molecular weight is 174 g/mol. The van der Waals surface area contributed by atoms with Crippen LogP contribution in [0.1, 0.15) is 0 Å². The lowest BCUT2D eigenvalue weighted by atomic mass is 10.3. The SMILES string of the molecule is CNCCNCC1COCCO1. The number of rotatable bonds is 5. The fraction of sp³-hybridized carbons (Fsp3) is 1.00. The van der Waals surface area contributed by atoms with Crippen LogP contribution in [0.15, 0.2) is 0 Å². The number of ether oxygens (including phenoxy) is 2. The van der Waals surface area contributed by atoms with Crippen LogP contribution >= 0.6 is 0 Å². The van der Waals surface area contributed by atoms with Crippen molar-refractivity contribution in [2.75, 3.05) is 46.5 Å². The molecule has 0 aromatic heterocycles. The van der Waals surface area contributed by atoms with Gasteiger partial charge in [-0.2, -0.15) is 0 Å². The van der Waals surface area contributed by atoms with Crippen LogP contribution in [0.4, 0.5) is 0 Å². The Morgan fingerprint density at radius 1 is 1.33 bits per heavy atom. The standard InChI is InChI=1S/C8H18N2O2/c1-9-2-3-10-6-8-7-11-4-5-12-8/h8-10H,2-7H2,1H3. The monoisotopic (exact) mass is 174 g/mol. The lowest BCUT2D eigenvalue weighted by molar-refractivity contribution is -0.0862. The normalized spacial score (nSPS) is 24.2. The molecule has 1 fully saturated rings. The van der Waals surface area contributed by atoms with E-state index in [1.165, 1.54) is 0 Å². The van der Waals surface area contributed by atoms with Crippen molar-refractivity contribution in [1.29, 1.82) is 0 Å². The average Bonchev–Trinajstić information content (AvgIpc) is 2.14. The van der Waals surface area contributed by atoms with Crippen molar-refractivity contribution in [3.05, 3.63) is 0 Å². The minimum Gasteiger partial charge on any atom is -0.376 e. The molecule has 4 heteroatoms. The molecule has 2 N–H and O–H groups in total. The van der Waals surface area contributed by atoms with E-state index >= 15 is 0 Å². The summed E-state index contributed by atoms with van der Waals surface area (Å²) in [5, 5.41) is 6.36. The summed E-state index contributed by atoms with van der Waals surface area (Å²) < 4.78 is 10.7. The third-order valence-electron chi connectivity index (χ3n) is 1.81. The molecule has 1 heterocycles. The van der Waals surface area contributed by atoms with E-state index in [1.54, 1.807) is 0 Å². The van der Waals surface area contributed by atoms with Gasteiger partial charge in [-0.25, -0.2) is 0 Å². The summed E-state index contributed by atoms with van der Waals surface area (Å²) in [6.07, 6.45) is 0.246. The zero-order valence-corrected chi connectivity index (χ0v) is 7.64. The quantitative estimate of drug-likeness (QED) is 0.536. The largest absolute Gasteiger partial charge is 0.376 e. The lowest BCUT2D eigenvalue weighted by Crippen LogP contribution is -2.39. The first-order valence-corrected chi connectivity index (χ1v) is 4.48. The Kier molecular flexibility index (Phi) is 5.27. The number of hydrogen-bond acceptors (Lipinski definition) is 4. The molecular weight excluding hydrogens is 156 g/mol. The molecule has 0 radical (unpaired) electrons. The molecule has 1 aliphatic heterocycles. The zero-order chi connectivity index (χ0) is 8.65. The van der Waals surface area contributed by atoms with Crippen LogP contribution in [0.25, 0.3) is 0 Å². The van der Waals surface area contributed by atoms with Crippen molar-refractivity contribution in [1.82, 2.24) is 10.6 Å². The molecule has 1 saturated heterocycles. The maximum absolute atomic E-state index is 5.45. The van der Waals surface area contributed by atoms with Crippen LogP contribution in [-0.4, -0.2) is 52.6 Å². The van der Waals surface area contributed by atoms with E-state index in [0.717, 1.165) is 39.5 Å². The molecule has 1 atom stereocenters. The van der Waals surface area contributed by atoms with Crippen LogP contribution in [0.2, 0.25) is 0 Å². The van der Waals surface area contributed by atoms with Gasteiger partial charge in [0.15, 0.2) is 0 Å². The van der Waals surface area contributed by atoms with E-state index in [9.17, 15) is 0 Å². The van der Waals surface area contributed by atoms with Crippen molar-refractivity contribution in [3.8, 4) is 0 Å². The van der Waals surface area contributed by atoms with Crippen LogP contribution in [0.3, 0.4) is 0 Å². The number of likely N-dealkylation sites (N-methyl/N-ethyl adjacent to an activating group) is 1. The summed E-state index contributed by atoms with van der Waals surface area (Å²) in [5.41, 5.74) is 0. The van der Waals surface area contributed by atoms with Gasteiger partial charge in [-0.3, -0.25) is 0 Å². The molecule has 72 valence electrons. The summed E-state index contributed by atoms with van der Waals surface area (Å²) in [7, 11) is 1.95. The molecule has 0 aliphatic carbocycles. The molecule has 1 unspecified atom stereocenters. The lowest BCUT2D eigenvalue weighted by Gasteiger charge is -2.23. The summed E-state index contributed by atoms with van der Waals surface area (Å²) in [6.45, 7) is 5.07. The fourth-order valence-corrected chi connectivity index (χ4v) is 1.13. The summed E-state index contributed by atoms with van der Waals surface area (Å²) in [4.78, 5) is 0. The Morgan fingerprint density at radius 3 is 2.92 bits per heavy atom. The Hall–Kier alpha value is -0.160. The highest BCUT2D eigenvalue weighted by Gasteiger charge is 2.12. The van der Waals surface area contributed by atoms with Crippen molar-refractivity contribution in [2.45, 2.75) is 6.10 Å². The number of hydrogen-bond donors (Lipinski definition) is 2. The topological polar surface area (TPSA) is 42.5 Å². The first kappa shape index (κ1) is 9.92. The molecule has 4 nitrogen and oxygen atoms in total. The van der Waals surface area contributed by atoms with E-state index in [0.29, 0.717) is 0 Å². The van der Waals surface area contributed by atoms with Gasteiger partial charge in [0.25, 0.3) is 0 Å². The van der Waals surface area contributed by atoms with Crippen molar-refractivity contribution in [3.63, 3.8) is 0 Å². The van der Waals surface area contributed by atoms with E-state index < -0.39 is 0 Å². The molecule has 0 amide bonds. The molecule has 12 heavy (non-hydrogen) atoms. The number of nitrogens with one attached hydrogen (secondary N) is 2. The van der Waals surface area contributed by atoms with Gasteiger partial charge in [0.05, 0.1) is 25.9 Å². The maximum atomic E-state index is 5.45.